The van der Waals surface area contributed by atoms with Gasteiger partial charge < -0.3 is 4.52 Å². The van der Waals surface area contributed by atoms with Crippen molar-refractivity contribution in [3.8, 4) is 5.75 Å². The van der Waals surface area contributed by atoms with Crippen LogP contribution in [-0.4, -0.2) is 0 Å². The first-order valence-electron chi connectivity index (χ1n) is 4.16. The van der Waals surface area contributed by atoms with Crippen LogP contribution in [0.25, 0.3) is 0 Å². The Bertz CT molecular complexity index is 499. The fourth-order valence-corrected chi connectivity index (χ4v) is 4.68. The molecule has 0 fully saturated rings. The Labute approximate surface area is 97.7 Å². The molecule has 1 unspecified atom stereocenters. The van der Waals surface area contributed by atoms with Crippen molar-refractivity contribution in [2.75, 3.05) is 0 Å². The zero-order chi connectivity index (χ0) is 11.3. The lowest BCUT2D eigenvalue weighted by atomic mass is 10.3. The quantitative estimate of drug-likeness (QED) is 0.766. The Kier molecular flexibility index (Phi) is 4.29. The molecule has 0 amide bonds. The molecule has 0 aliphatic carbocycles. The van der Waals surface area contributed by atoms with Crippen LogP contribution in [0.15, 0.2) is 48.4 Å². The second kappa shape index (κ2) is 5.72. The Morgan fingerprint density at radius 2 is 1.81 bits per heavy atom. The van der Waals surface area contributed by atoms with Gasteiger partial charge in [0, 0.05) is 0 Å². The summed E-state index contributed by atoms with van der Waals surface area (Å²) in [6.45, 7) is 0. The lowest BCUT2D eigenvalue weighted by Crippen LogP contribution is -1.98. The molecule has 1 aliphatic rings. The Balaban J connectivity index is 2.26. The van der Waals surface area contributed by atoms with Crippen molar-refractivity contribution in [1.29, 1.82) is 0 Å². The Morgan fingerprint density at radius 3 is 2.62 bits per heavy atom. The van der Waals surface area contributed by atoms with E-state index in [1.54, 1.807) is 0 Å². The van der Waals surface area contributed by atoms with Gasteiger partial charge in [-0.05, 0) is 12.1 Å². The number of nitrogens with zero attached hydrogens (tertiary/aromatic N) is 4. The predicted octanol–water partition coefficient (Wildman–Crippen LogP) is 5.12. The summed E-state index contributed by atoms with van der Waals surface area (Å²) in [6.07, 6.45) is 0. The maximum absolute atomic E-state index is 5.98. The molecule has 0 bridgehead atoms. The van der Waals surface area contributed by atoms with Gasteiger partial charge in [0.25, 0.3) is 0 Å². The highest BCUT2D eigenvalue weighted by Crippen LogP contribution is 2.50. The van der Waals surface area contributed by atoms with E-state index in [0.29, 0.717) is 31.3 Å². The average Bonchev–Trinajstić information content (AvgIpc) is 2.26. The number of nitrogens with two attached hydrogens (primary N) is 1. The number of rotatable bonds is 2. The second-order valence-electron chi connectivity index (χ2n) is 2.62. The fourth-order valence-electron chi connectivity index (χ4n) is 0.895. The van der Waals surface area contributed by atoms with E-state index in [9.17, 15) is 0 Å². The second-order valence-corrected chi connectivity index (χ2v) is 7.38. The SMILES string of the molecule is NP1(Oc2ccccc2)=NP=NP=NP=N1. The minimum atomic E-state index is -2.62. The third-order valence-corrected chi connectivity index (χ3v) is 5.93. The van der Waals surface area contributed by atoms with E-state index in [1.807, 2.05) is 30.3 Å². The predicted molar refractivity (Wildman–Crippen MR) is 68.6 cm³/mol. The molecule has 1 heterocycles. The van der Waals surface area contributed by atoms with Crippen LogP contribution in [0.5, 0.6) is 5.75 Å². The third-order valence-electron chi connectivity index (χ3n) is 1.48. The summed E-state index contributed by atoms with van der Waals surface area (Å²) < 4.78 is 21.8. The van der Waals surface area contributed by atoms with Crippen molar-refractivity contribution in [3.05, 3.63) is 30.3 Å². The molecule has 1 aromatic carbocycles. The van der Waals surface area contributed by atoms with Gasteiger partial charge >= 0.3 is 7.58 Å². The molecule has 1 aromatic rings. The summed E-state index contributed by atoms with van der Waals surface area (Å²) in [5.41, 5.74) is 5.98. The summed E-state index contributed by atoms with van der Waals surface area (Å²) in [6, 6.07) is 9.28. The van der Waals surface area contributed by atoms with E-state index >= 15 is 0 Å². The molecular formula is C6H7N5OP4. The van der Waals surface area contributed by atoms with Crippen molar-refractivity contribution in [1.82, 2.24) is 0 Å². The largest absolute Gasteiger partial charge is 0.430 e. The molecule has 0 radical (unpaired) electrons. The zero-order valence-corrected chi connectivity index (χ0v) is 11.5. The first-order valence-corrected chi connectivity index (χ1v) is 8.24. The van der Waals surface area contributed by atoms with Gasteiger partial charge in [-0.25, -0.2) is 5.50 Å². The first-order chi connectivity index (χ1) is 7.79. The average molecular weight is 289 g/mol. The maximum Gasteiger partial charge on any atom is 0.334 e. The van der Waals surface area contributed by atoms with E-state index in [1.165, 1.54) is 0 Å². The first kappa shape index (κ1) is 12.0. The number of hydrogen-bond acceptors (Lipinski definition) is 6. The van der Waals surface area contributed by atoms with Crippen molar-refractivity contribution >= 4 is 33.2 Å². The van der Waals surface area contributed by atoms with Crippen LogP contribution in [-0.2, 0) is 0 Å². The van der Waals surface area contributed by atoms with Crippen molar-refractivity contribution in [2.24, 2.45) is 23.6 Å². The minimum Gasteiger partial charge on any atom is -0.430 e. The lowest BCUT2D eigenvalue weighted by Gasteiger charge is -2.13. The molecule has 1 atom stereocenters. The topological polar surface area (TPSA) is 84.7 Å². The van der Waals surface area contributed by atoms with Gasteiger partial charge in [-0.1, -0.05) is 18.2 Å². The number of para-hydroxylation sites is 1. The summed E-state index contributed by atoms with van der Waals surface area (Å²) in [4.78, 5) is 0. The highest BCUT2D eigenvalue weighted by molar-refractivity contribution is 7.66. The molecule has 16 heavy (non-hydrogen) atoms. The monoisotopic (exact) mass is 289 g/mol. The molecule has 10 heteroatoms. The Morgan fingerprint density at radius 1 is 1.06 bits per heavy atom. The fraction of sp³-hybridized carbons (Fsp3) is 0. The standard InChI is InChI=1S/C6H7N5OP4/c7-16(10-14-8-13-9-15-11-16)12-6-4-2-1-3-5-6/h1-5H,7H2. The summed E-state index contributed by atoms with van der Waals surface area (Å²) in [5, 5.41) is 0. The summed E-state index contributed by atoms with van der Waals surface area (Å²) >= 11 is 0. The minimum absolute atomic E-state index is 0.519. The smallest absolute Gasteiger partial charge is 0.334 e. The van der Waals surface area contributed by atoms with Crippen molar-refractivity contribution < 1.29 is 4.52 Å². The van der Waals surface area contributed by atoms with E-state index < -0.39 is 7.58 Å². The van der Waals surface area contributed by atoms with E-state index in [-0.39, 0.29) is 0 Å². The lowest BCUT2D eigenvalue weighted by molar-refractivity contribution is 0.606. The van der Waals surface area contributed by atoms with Crippen LogP contribution in [0, 0.1) is 0 Å². The molecule has 0 spiro atoms. The van der Waals surface area contributed by atoms with Crippen molar-refractivity contribution in [2.45, 2.75) is 0 Å². The third kappa shape index (κ3) is 3.52. The van der Waals surface area contributed by atoms with Gasteiger partial charge in [-0.2, -0.15) is 18.1 Å². The molecule has 0 aromatic heterocycles. The molecular weight excluding hydrogens is 282 g/mol. The summed E-state index contributed by atoms with van der Waals surface area (Å²) in [5.74, 6) is 0.661. The van der Waals surface area contributed by atoms with Crippen LogP contribution < -0.4 is 10.0 Å². The van der Waals surface area contributed by atoms with Crippen LogP contribution in [0.3, 0.4) is 0 Å². The molecule has 6 nitrogen and oxygen atoms in total. The van der Waals surface area contributed by atoms with Gasteiger partial charge in [0.1, 0.15) is 5.75 Å². The van der Waals surface area contributed by atoms with Gasteiger partial charge in [-0.15, -0.1) is 0 Å². The molecule has 0 saturated heterocycles. The molecule has 0 saturated carbocycles. The highest BCUT2D eigenvalue weighted by Gasteiger charge is 2.14. The van der Waals surface area contributed by atoms with Crippen LogP contribution in [0.1, 0.15) is 0 Å². The molecule has 1 aliphatic heterocycles. The zero-order valence-electron chi connectivity index (χ0n) is 7.95. The van der Waals surface area contributed by atoms with Gasteiger partial charge in [0.05, 0.1) is 0 Å². The van der Waals surface area contributed by atoms with E-state index in [4.69, 9.17) is 10.0 Å². The van der Waals surface area contributed by atoms with Gasteiger partial charge in [-0.3, -0.25) is 0 Å². The molecule has 2 rings (SSSR count). The highest BCUT2D eigenvalue weighted by atomic mass is 31.2. The van der Waals surface area contributed by atoms with Crippen LogP contribution in [0.2, 0.25) is 0 Å². The number of benzene rings is 1. The van der Waals surface area contributed by atoms with E-state index in [2.05, 4.69) is 18.1 Å². The molecule has 2 N–H and O–H groups in total. The van der Waals surface area contributed by atoms with Gasteiger partial charge in [0.15, 0.2) is 25.6 Å². The van der Waals surface area contributed by atoms with Gasteiger partial charge in [0.2, 0.25) is 0 Å². The van der Waals surface area contributed by atoms with Crippen molar-refractivity contribution in [3.63, 3.8) is 0 Å². The maximum atomic E-state index is 5.98. The summed E-state index contributed by atoms with van der Waals surface area (Å²) in [7, 11) is -0.955. The normalized spacial score (nSPS) is 26.3. The van der Waals surface area contributed by atoms with E-state index in [0.717, 1.165) is 0 Å². The van der Waals surface area contributed by atoms with Crippen LogP contribution >= 0.6 is 33.2 Å². The van der Waals surface area contributed by atoms with Crippen LogP contribution in [0.4, 0.5) is 0 Å². The molecule has 82 valence electrons. The number of hydrogen-bond donors (Lipinski definition) is 1. The Hall–Kier alpha value is -0.490.